The maximum atomic E-state index is 12.8. The first-order chi connectivity index (χ1) is 18.6. The van der Waals surface area contributed by atoms with Crippen LogP contribution in [0, 0.1) is 5.92 Å². The number of morpholine rings is 1. The zero-order valence-corrected chi connectivity index (χ0v) is 23.4. The summed E-state index contributed by atoms with van der Waals surface area (Å²) in [7, 11) is 0. The van der Waals surface area contributed by atoms with Crippen LogP contribution in [0.1, 0.15) is 58.6 Å². The minimum absolute atomic E-state index is 0.103. The van der Waals surface area contributed by atoms with Crippen molar-refractivity contribution in [2.24, 2.45) is 5.92 Å². The Kier molecular flexibility index (Phi) is 11.3. The number of carbonyl (C=O) groups excluding carboxylic acids is 2. The standard InChI is InChI=1S/C30H42N2O7/c1-21(25-10-5-6-15-31-25)8-7-9-22(2)28-23(3)11-12-26(38-29(35)32-16-18-37-19-17-32)30(4,36)14-13-24(33)20-27(34)39-28/h5-12,15,21,23-24,26,28,33,36H,13-14,16-20H2,1-4H3/b8-7+,12-11+,22-9+/t21-,23-,24-,26+,28+,30-/m0/s1. The predicted molar refractivity (Wildman–Crippen MR) is 147 cm³/mol. The highest BCUT2D eigenvalue weighted by atomic mass is 16.6. The number of rotatable bonds is 5. The molecule has 39 heavy (non-hydrogen) atoms. The van der Waals surface area contributed by atoms with Gasteiger partial charge in [-0.1, -0.05) is 44.2 Å². The number of hydrogen-bond donors (Lipinski definition) is 2. The second kappa shape index (κ2) is 14.4. The van der Waals surface area contributed by atoms with Gasteiger partial charge in [-0.05, 0) is 50.5 Å². The van der Waals surface area contributed by atoms with Gasteiger partial charge >= 0.3 is 12.1 Å². The van der Waals surface area contributed by atoms with Crippen molar-refractivity contribution in [3.63, 3.8) is 0 Å². The van der Waals surface area contributed by atoms with Gasteiger partial charge < -0.3 is 29.3 Å². The van der Waals surface area contributed by atoms with E-state index in [4.69, 9.17) is 14.2 Å². The van der Waals surface area contributed by atoms with Crippen LogP contribution in [0.15, 0.2) is 60.3 Å². The molecule has 6 atom stereocenters. The van der Waals surface area contributed by atoms with Crippen LogP contribution in [0.3, 0.4) is 0 Å². The molecule has 0 saturated carbocycles. The molecule has 1 aromatic rings. The van der Waals surface area contributed by atoms with Crippen LogP contribution >= 0.6 is 0 Å². The highest BCUT2D eigenvalue weighted by Crippen LogP contribution is 2.27. The van der Waals surface area contributed by atoms with Gasteiger partial charge in [0, 0.05) is 36.8 Å². The number of hydrogen-bond acceptors (Lipinski definition) is 8. The van der Waals surface area contributed by atoms with Crippen molar-refractivity contribution in [3.8, 4) is 0 Å². The molecule has 1 saturated heterocycles. The van der Waals surface area contributed by atoms with Crippen LogP contribution < -0.4 is 0 Å². The van der Waals surface area contributed by atoms with E-state index in [1.807, 2.05) is 50.3 Å². The predicted octanol–water partition coefficient (Wildman–Crippen LogP) is 3.92. The number of amides is 1. The lowest BCUT2D eigenvalue weighted by Crippen LogP contribution is -2.47. The Morgan fingerprint density at radius 3 is 2.72 bits per heavy atom. The minimum atomic E-state index is -1.45. The first kappa shape index (κ1) is 30.5. The Labute approximate surface area is 231 Å². The average molecular weight is 543 g/mol. The summed E-state index contributed by atoms with van der Waals surface area (Å²) in [6.45, 7) is 9.10. The molecule has 0 radical (unpaired) electrons. The van der Waals surface area contributed by atoms with E-state index in [0.717, 1.165) is 11.3 Å². The van der Waals surface area contributed by atoms with Crippen LogP contribution in [-0.2, 0) is 19.0 Å². The Morgan fingerprint density at radius 1 is 1.28 bits per heavy atom. The van der Waals surface area contributed by atoms with Crippen LogP contribution in [0.5, 0.6) is 0 Å². The van der Waals surface area contributed by atoms with Crippen molar-refractivity contribution in [3.05, 3.63) is 66.0 Å². The summed E-state index contributed by atoms with van der Waals surface area (Å²) in [5.41, 5.74) is 0.310. The van der Waals surface area contributed by atoms with Crippen LogP contribution in [-0.4, -0.2) is 82.4 Å². The van der Waals surface area contributed by atoms with E-state index in [2.05, 4.69) is 11.9 Å². The molecule has 0 spiro atoms. The molecule has 0 unspecified atom stereocenters. The van der Waals surface area contributed by atoms with Gasteiger partial charge in [0.2, 0.25) is 0 Å². The van der Waals surface area contributed by atoms with Crippen molar-refractivity contribution < 1.29 is 34.0 Å². The molecule has 1 fully saturated rings. The lowest BCUT2D eigenvalue weighted by Gasteiger charge is -2.35. The molecule has 2 aliphatic heterocycles. The lowest BCUT2D eigenvalue weighted by molar-refractivity contribution is -0.151. The molecule has 1 amide bonds. The quantitative estimate of drug-likeness (QED) is 0.327. The van der Waals surface area contributed by atoms with Crippen molar-refractivity contribution in [1.29, 1.82) is 0 Å². The van der Waals surface area contributed by atoms with Gasteiger partial charge in [0.1, 0.15) is 11.7 Å². The molecule has 1 aromatic heterocycles. The van der Waals surface area contributed by atoms with Crippen molar-refractivity contribution in [2.75, 3.05) is 26.3 Å². The zero-order valence-electron chi connectivity index (χ0n) is 23.4. The third-order valence-corrected chi connectivity index (χ3v) is 7.18. The topological polar surface area (TPSA) is 118 Å². The molecule has 0 aliphatic carbocycles. The van der Waals surface area contributed by atoms with E-state index in [1.165, 1.54) is 0 Å². The first-order valence-corrected chi connectivity index (χ1v) is 13.6. The summed E-state index contributed by atoms with van der Waals surface area (Å²) in [6, 6.07) is 5.79. The van der Waals surface area contributed by atoms with Gasteiger partial charge in [-0.25, -0.2) is 4.79 Å². The van der Waals surface area contributed by atoms with Crippen LogP contribution in [0.25, 0.3) is 0 Å². The lowest BCUT2D eigenvalue weighted by atomic mass is 9.88. The smallest absolute Gasteiger partial charge is 0.410 e. The van der Waals surface area contributed by atoms with E-state index in [0.29, 0.717) is 26.3 Å². The van der Waals surface area contributed by atoms with Gasteiger partial charge in [-0.2, -0.15) is 0 Å². The van der Waals surface area contributed by atoms with Gasteiger partial charge in [0.15, 0.2) is 6.10 Å². The molecule has 9 nitrogen and oxygen atoms in total. The molecular formula is C30H42N2O7. The Bertz CT molecular complexity index is 1030. The largest absolute Gasteiger partial charge is 0.457 e. The second-order valence-corrected chi connectivity index (χ2v) is 10.7. The molecule has 0 bridgehead atoms. The first-order valence-electron chi connectivity index (χ1n) is 13.6. The SMILES string of the molecule is C/C(=C\C=C\[C@H](C)c1ccccn1)[C@H]1OC(=O)C[C@@H](O)CC[C@](C)(O)[C@H](OC(=O)N2CCOCC2)/C=C/[C@@H]1C. The fourth-order valence-electron chi connectivity index (χ4n) is 4.59. The summed E-state index contributed by atoms with van der Waals surface area (Å²) in [6.07, 6.45) is 8.04. The molecule has 214 valence electrons. The Hall–Kier alpha value is -3.01. The molecule has 2 aliphatic rings. The molecule has 3 heterocycles. The Morgan fingerprint density at radius 2 is 2.03 bits per heavy atom. The third-order valence-electron chi connectivity index (χ3n) is 7.18. The highest BCUT2D eigenvalue weighted by molar-refractivity contribution is 5.70. The summed E-state index contributed by atoms with van der Waals surface area (Å²) in [5.74, 6) is -0.712. The van der Waals surface area contributed by atoms with E-state index in [-0.39, 0.29) is 31.1 Å². The van der Waals surface area contributed by atoms with Gasteiger partial charge in [-0.15, -0.1) is 0 Å². The van der Waals surface area contributed by atoms with Crippen LogP contribution in [0.2, 0.25) is 0 Å². The molecule has 0 aromatic carbocycles. The molecule has 2 N–H and O–H groups in total. The highest BCUT2D eigenvalue weighted by Gasteiger charge is 2.36. The number of cyclic esters (lactones) is 1. The normalized spacial score (nSPS) is 31.1. The number of aromatic nitrogens is 1. The molecule has 3 rings (SSSR count). The van der Waals surface area contributed by atoms with E-state index >= 15 is 0 Å². The van der Waals surface area contributed by atoms with Crippen molar-refractivity contribution in [1.82, 2.24) is 9.88 Å². The number of aliphatic hydroxyl groups is 2. The average Bonchev–Trinajstić information content (AvgIpc) is 2.92. The molecule has 9 heteroatoms. The van der Waals surface area contributed by atoms with Crippen LogP contribution in [0.4, 0.5) is 4.79 Å². The Balaban J connectivity index is 1.81. The molecular weight excluding hydrogens is 500 g/mol. The number of aliphatic hydroxyl groups excluding tert-OH is 1. The van der Waals surface area contributed by atoms with Crippen molar-refractivity contribution >= 4 is 12.1 Å². The number of pyridine rings is 1. The monoisotopic (exact) mass is 542 g/mol. The van der Waals surface area contributed by atoms with E-state index in [1.54, 1.807) is 30.2 Å². The maximum absolute atomic E-state index is 12.8. The summed E-state index contributed by atoms with van der Waals surface area (Å²) in [5, 5.41) is 21.7. The minimum Gasteiger partial charge on any atom is -0.457 e. The van der Waals surface area contributed by atoms with E-state index < -0.39 is 36.0 Å². The number of carbonyl (C=O) groups is 2. The summed E-state index contributed by atoms with van der Waals surface area (Å²) < 4.78 is 16.9. The number of ether oxygens (including phenoxy) is 3. The van der Waals surface area contributed by atoms with Gasteiger partial charge in [-0.3, -0.25) is 9.78 Å². The second-order valence-electron chi connectivity index (χ2n) is 10.7. The number of allylic oxidation sites excluding steroid dienone is 3. The number of nitrogens with zero attached hydrogens (tertiary/aromatic N) is 2. The fraction of sp³-hybridized carbons (Fsp3) is 0.567. The zero-order chi connectivity index (χ0) is 28.4. The third kappa shape index (κ3) is 9.30. The summed E-state index contributed by atoms with van der Waals surface area (Å²) in [4.78, 5) is 31.4. The van der Waals surface area contributed by atoms with Crippen molar-refractivity contribution in [2.45, 2.75) is 76.8 Å². The fourth-order valence-corrected chi connectivity index (χ4v) is 4.59. The summed E-state index contributed by atoms with van der Waals surface area (Å²) >= 11 is 0. The maximum Gasteiger partial charge on any atom is 0.410 e. The number of esters is 1. The van der Waals surface area contributed by atoms with Gasteiger partial charge in [0.25, 0.3) is 0 Å². The van der Waals surface area contributed by atoms with Gasteiger partial charge in [0.05, 0.1) is 25.7 Å². The van der Waals surface area contributed by atoms with E-state index in [9.17, 15) is 19.8 Å².